The van der Waals surface area contributed by atoms with Crippen molar-refractivity contribution in [2.24, 2.45) is 0 Å². The molecule has 0 amide bonds. The van der Waals surface area contributed by atoms with E-state index in [1.165, 1.54) is 11.8 Å². The van der Waals surface area contributed by atoms with Gasteiger partial charge in [-0.2, -0.15) is 5.26 Å². The van der Waals surface area contributed by atoms with Gasteiger partial charge in [0.25, 0.3) is 0 Å². The van der Waals surface area contributed by atoms with E-state index in [1.54, 1.807) is 0 Å². The van der Waals surface area contributed by atoms with Crippen LogP contribution in [0.4, 0.5) is 5.69 Å². The maximum atomic E-state index is 8.87. The van der Waals surface area contributed by atoms with E-state index in [-0.39, 0.29) is 5.25 Å². The number of hydrogen-bond donors (Lipinski definition) is 2. The molecule has 1 atom stereocenters. The Bertz CT molecular complexity index is 540. The molecule has 0 aliphatic rings. The molecule has 16 heavy (non-hydrogen) atoms. The molecular formula is C11H12N4S. The van der Waals surface area contributed by atoms with E-state index >= 15 is 0 Å². The molecule has 1 aromatic heterocycles. The molecule has 2 rings (SSSR count). The number of aromatic amines is 1. The summed E-state index contributed by atoms with van der Waals surface area (Å²) in [5, 5.41) is 9.59. The summed E-state index contributed by atoms with van der Waals surface area (Å²) >= 11 is 1.45. The second-order valence-corrected chi connectivity index (χ2v) is 4.65. The topological polar surface area (TPSA) is 78.5 Å². The SMILES string of the molecule is CCC(C#N)Sc1nc2ccc(N)cc2[nH]1. The number of nitrogen functional groups attached to an aromatic ring is 1. The fraction of sp³-hybridized carbons (Fsp3) is 0.273. The molecule has 0 saturated carbocycles. The number of hydrogen-bond acceptors (Lipinski definition) is 4. The number of nitrogens with zero attached hydrogens (tertiary/aromatic N) is 2. The maximum absolute atomic E-state index is 8.87. The highest BCUT2D eigenvalue weighted by molar-refractivity contribution is 8.00. The normalized spacial score (nSPS) is 12.5. The summed E-state index contributed by atoms with van der Waals surface area (Å²) in [5.74, 6) is 0. The van der Waals surface area contributed by atoms with Crippen molar-refractivity contribution in [2.75, 3.05) is 5.73 Å². The quantitative estimate of drug-likeness (QED) is 0.629. The minimum absolute atomic E-state index is 0.0575. The number of fused-ring (bicyclic) bond motifs is 1. The monoisotopic (exact) mass is 232 g/mol. The molecule has 1 heterocycles. The lowest BCUT2D eigenvalue weighted by molar-refractivity contribution is 0.969. The molecule has 0 spiro atoms. The number of thioether (sulfide) groups is 1. The Labute approximate surface area is 97.9 Å². The molecule has 3 N–H and O–H groups in total. The average Bonchev–Trinajstić information content (AvgIpc) is 2.67. The molecule has 0 saturated heterocycles. The molecule has 1 aromatic carbocycles. The fourth-order valence-corrected chi connectivity index (χ4v) is 2.20. The van der Waals surface area contributed by atoms with Crippen LogP contribution in [0.3, 0.4) is 0 Å². The predicted octanol–water partition coefficient (Wildman–Crippen LogP) is 2.54. The van der Waals surface area contributed by atoms with Crippen LogP contribution < -0.4 is 5.73 Å². The first-order chi connectivity index (χ1) is 7.72. The largest absolute Gasteiger partial charge is 0.399 e. The number of aromatic nitrogens is 2. The number of imidazole rings is 1. The number of benzene rings is 1. The first kappa shape index (κ1) is 10.8. The summed E-state index contributed by atoms with van der Waals surface area (Å²) in [6.07, 6.45) is 0.806. The Kier molecular flexibility index (Phi) is 3.02. The van der Waals surface area contributed by atoms with Crippen molar-refractivity contribution in [3.63, 3.8) is 0 Å². The number of nitrogens with one attached hydrogen (secondary N) is 1. The number of nitrogens with two attached hydrogens (primary N) is 1. The smallest absolute Gasteiger partial charge is 0.167 e. The van der Waals surface area contributed by atoms with Gasteiger partial charge in [0, 0.05) is 5.69 Å². The van der Waals surface area contributed by atoms with Gasteiger partial charge in [0.05, 0.1) is 22.4 Å². The van der Waals surface area contributed by atoms with Crippen LogP contribution >= 0.6 is 11.8 Å². The first-order valence-electron chi connectivity index (χ1n) is 5.04. The van der Waals surface area contributed by atoms with Gasteiger partial charge >= 0.3 is 0 Å². The van der Waals surface area contributed by atoms with E-state index in [1.807, 2.05) is 25.1 Å². The Morgan fingerprint density at radius 1 is 1.62 bits per heavy atom. The van der Waals surface area contributed by atoms with Crippen LogP contribution in [0.5, 0.6) is 0 Å². The van der Waals surface area contributed by atoms with Crippen LogP contribution in [-0.2, 0) is 0 Å². The van der Waals surface area contributed by atoms with E-state index in [2.05, 4.69) is 16.0 Å². The summed E-state index contributed by atoms with van der Waals surface area (Å²) in [6, 6.07) is 7.77. The van der Waals surface area contributed by atoms with Crippen molar-refractivity contribution in [3.8, 4) is 6.07 Å². The summed E-state index contributed by atoms with van der Waals surface area (Å²) < 4.78 is 0. The standard InChI is InChI=1S/C11H12N4S/c1-2-8(6-12)16-11-14-9-4-3-7(13)5-10(9)15-11/h3-5,8H,2,13H2,1H3,(H,14,15). The van der Waals surface area contributed by atoms with Crippen molar-refractivity contribution in [1.29, 1.82) is 5.26 Å². The fourth-order valence-electron chi connectivity index (χ4n) is 1.40. The summed E-state index contributed by atoms with van der Waals surface area (Å²) in [4.78, 5) is 7.55. The molecule has 0 radical (unpaired) electrons. The number of anilines is 1. The number of nitriles is 1. The van der Waals surface area contributed by atoms with Gasteiger partial charge in [-0.15, -0.1) is 0 Å². The van der Waals surface area contributed by atoms with Crippen LogP contribution in [0.2, 0.25) is 0 Å². The van der Waals surface area contributed by atoms with Crippen molar-refractivity contribution < 1.29 is 0 Å². The summed E-state index contributed by atoms with van der Waals surface area (Å²) in [7, 11) is 0. The van der Waals surface area contributed by atoms with Gasteiger partial charge < -0.3 is 10.7 Å². The van der Waals surface area contributed by atoms with Crippen molar-refractivity contribution >= 4 is 28.5 Å². The summed E-state index contributed by atoms with van der Waals surface area (Å²) in [5.41, 5.74) is 8.18. The van der Waals surface area contributed by atoms with E-state index in [0.29, 0.717) is 5.69 Å². The molecule has 5 heteroatoms. The molecular weight excluding hydrogens is 220 g/mol. The zero-order chi connectivity index (χ0) is 11.5. The van der Waals surface area contributed by atoms with Crippen molar-refractivity contribution in [3.05, 3.63) is 18.2 Å². The van der Waals surface area contributed by atoms with Gasteiger partial charge in [0.2, 0.25) is 0 Å². The second-order valence-electron chi connectivity index (χ2n) is 3.46. The van der Waals surface area contributed by atoms with Gasteiger partial charge in [0.15, 0.2) is 5.16 Å². The second kappa shape index (κ2) is 4.45. The third-order valence-electron chi connectivity index (χ3n) is 2.25. The lowest BCUT2D eigenvalue weighted by Gasteiger charge is -2.00. The molecule has 4 nitrogen and oxygen atoms in total. The van der Waals surface area contributed by atoms with Gasteiger partial charge in [-0.3, -0.25) is 0 Å². The molecule has 1 unspecified atom stereocenters. The van der Waals surface area contributed by atoms with Crippen LogP contribution in [0.15, 0.2) is 23.4 Å². The van der Waals surface area contributed by atoms with Gasteiger partial charge in [-0.05, 0) is 24.6 Å². The van der Waals surface area contributed by atoms with Crippen LogP contribution in [0, 0.1) is 11.3 Å². The molecule has 0 aliphatic carbocycles. The zero-order valence-corrected chi connectivity index (χ0v) is 9.71. The molecule has 82 valence electrons. The lowest BCUT2D eigenvalue weighted by atomic mass is 10.3. The van der Waals surface area contributed by atoms with Crippen molar-refractivity contribution in [1.82, 2.24) is 9.97 Å². The highest BCUT2D eigenvalue weighted by Crippen LogP contribution is 2.25. The third kappa shape index (κ3) is 2.12. The highest BCUT2D eigenvalue weighted by Gasteiger charge is 2.10. The molecule has 0 aliphatic heterocycles. The molecule has 2 aromatic rings. The Morgan fingerprint density at radius 3 is 3.12 bits per heavy atom. The predicted molar refractivity (Wildman–Crippen MR) is 66.1 cm³/mol. The summed E-state index contributed by atoms with van der Waals surface area (Å²) in [6.45, 7) is 1.99. The maximum Gasteiger partial charge on any atom is 0.167 e. The Morgan fingerprint density at radius 2 is 2.44 bits per heavy atom. The number of H-pyrrole nitrogens is 1. The van der Waals surface area contributed by atoms with E-state index in [9.17, 15) is 0 Å². The van der Waals surface area contributed by atoms with Gasteiger partial charge in [-0.25, -0.2) is 4.98 Å². The van der Waals surface area contributed by atoms with Gasteiger partial charge in [0.1, 0.15) is 0 Å². The van der Waals surface area contributed by atoms with E-state index < -0.39 is 0 Å². The van der Waals surface area contributed by atoms with E-state index in [4.69, 9.17) is 11.0 Å². The molecule has 0 bridgehead atoms. The third-order valence-corrected chi connectivity index (χ3v) is 3.39. The highest BCUT2D eigenvalue weighted by atomic mass is 32.2. The average molecular weight is 232 g/mol. The molecule has 0 fully saturated rings. The van der Waals surface area contributed by atoms with Crippen LogP contribution in [0.1, 0.15) is 13.3 Å². The van der Waals surface area contributed by atoms with Crippen LogP contribution in [0.25, 0.3) is 11.0 Å². The Hall–Kier alpha value is -1.67. The minimum Gasteiger partial charge on any atom is -0.399 e. The van der Waals surface area contributed by atoms with Crippen molar-refractivity contribution in [2.45, 2.75) is 23.8 Å². The lowest BCUT2D eigenvalue weighted by Crippen LogP contribution is -1.95. The van der Waals surface area contributed by atoms with Gasteiger partial charge in [-0.1, -0.05) is 18.7 Å². The number of rotatable bonds is 3. The zero-order valence-electron chi connectivity index (χ0n) is 8.90. The minimum atomic E-state index is -0.0575. The van der Waals surface area contributed by atoms with E-state index in [0.717, 1.165) is 22.6 Å². The Balaban J connectivity index is 2.30. The van der Waals surface area contributed by atoms with Crippen LogP contribution in [-0.4, -0.2) is 15.2 Å². The first-order valence-corrected chi connectivity index (χ1v) is 5.92.